The quantitative estimate of drug-likeness (QED) is 0.813. The van der Waals surface area contributed by atoms with Crippen LogP contribution in [0.2, 0.25) is 0 Å². The summed E-state index contributed by atoms with van der Waals surface area (Å²) in [6, 6.07) is 7.61. The van der Waals surface area contributed by atoms with Crippen molar-refractivity contribution in [2.45, 2.75) is 58.9 Å². The average molecular weight is 260 g/mol. The number of aryl methyl sites for hydroxylation is 1. The lowest BCUT2D eigenvalue weighted by molar-refractivity contribution is 0.595. The Balaban J connectivity index is 2.20. The average Bonchev–Trinajstić information content (AvgIpc) is 2.47. The first-order valence-electron chi connectivity index (χ1n) is 7.89. The summed E-state index contributed by atoms with van der Waals surface area (Å²) in [6.45, 7) is 9.17. The second kappa shape index (κ2) is 6.83. The number of nitrogens with zero attached hydrogens (tertiary/aromatic N) is 1. The summed E-state index contributed by atoms with van der Waals surface area (Å²) in [4.78, 5) is 2.57. The van der Waals surface area contributed by atoms with Crippen LogP contribution in [0.1, 0.15) is 52.0 Å². The van der Waals surface area contributed by atoms with E-state index in [2.05, 4.69) is 49.2 Å². The van der Waals surface area contributed by atoms with E-state index in [1.165, 1.54) is 55.6 Å². The molecule has 0 aliphatic carbocycles. The minimum absolute atomic E-state index is 0.619. The summed E-state index contributed by atoms with van der Waals surface area (Å²) in [5.41, 5.74) is 4.22. The van der Waals surface area contributed by atoms with Gasteiger partial charge in [-0.15, -0.1) is 0 Å². The van der Waals surface area contributed by atoms with E-state index in [1.54, 1.807) is 0 Å². The van der Waals surface area contributed by atoms with Crippen molar-refractivity contribution >= 4 is 11.4 Å². The van der Waals surface area contributed by atoms with Gasteiger partial charge in [0, 0.05) is 30.5 Å². The van der Waals surface area contributed by atoms with Gasteiger partial charge in [0.15, 0.2) is 0 Å². The van der Waals surface area contributed by atoms with E-state index in [-0.39, 0.29) is 0 Å². The summed E-state index contributed by atoms with van der Waals surface area (Å²) in [6.07, 6.45) is 6.22. The van der Waals surface area contributed by atoms with Gasteiger partial charge in [-0.2, -0.15) is 0 Å². The molecule has 0 saturated heterocycles. The van der Waals surface area contributed by atoms with Gasteiger partial charge in [-0.05, 0) is 50.3 Å². The summed E-state index contributed by atoms with van der Waals surface area (Å²) in [7, 11) is 0. The Morgan fingerprint density at radius 3 is 2.89 bits per heavy atom. The van der Waals surface area contributed by atoms with E-state index >= 15 is 0 Å². The third kappa shape index (κ3) is 3.43. The number of rotatable bonds is 6. The van der Waals surface area contributed by atoms with E-state index in [9.17, 15) is 0 Å². The molecule has 0 saturated carbocycles. The molecule has 1 aliphatic heterocycles. The number of hydrogen-bond donors (Lipinski definition) is 1. The number of fused-ring (bicyclic) bond motifs is 1. The molecule has 1 unspecified atom stereocenters. The zero-order valence-corrected chi connectivity index (χ0v) is 12.7. The van der Waals surface area contributed by atoms with Crippen molar-refractivity contribution in [2.75, 3.05) is 23.3 Å². The first-order valence-corrected chi connectivity index (χ1v) is 7.89. The second-order valence-electron chi connectivity index (χ2n) is 5.68. The predicted octanol–water partition coefficient (Wildman–Crippen LogP) is 4.45. The predicted molar refractivity (Wildman–Crippen MR) is 85.3 cm³/mol. The Morgan fingerprint density at radius 1 is 1.32 bits per heavy atom. The van der Waals surface area contributed by atoms with Crippen molar-refractivity contribution in [1.82, 2.24) is 0 Å². The van der Waals surface area contributed by atoms with Crippen LogP contribution in [-0.2, 0) is 6.42 Å². The highest BCUT2D eigenvalue weighted by Gasteiger charge is 2.15. The van der Waals surface area contributed by atoms with Crippen LogP contribution in [0, 0.1) is 0 Å². The molecule has 0 amide bonds. The number of benzene rings is 1. The topological polar surface area (TPSA) is 15.3 Å². The Kier molecular flexibility index (Phi) is 5.12. The molecule has 0 bridgehead atoms. The summed E-state index contributed by atoms with van der Waals surface area (Å²) >= 11 is 0. The van der Waals surface area contributed by atoms with Gasteiger partial charge in [0.2, 0.25) is 0 Å². The number of anilines is 2. The maximum atomic E-state index is 3.54. The molecular weight excluding hydrogens is 232 g/mol. The van der Waals surface area contributed by atoms with Gasteiger partial charge in [-0.25, -0.2) is 0 Å². The fourth-order valence-corrected chi connectivity index (χ4v) is 2.78. The van der Waals surface area contributed by atoms with E-state index in [0.717, 1.165) is 6.54 Å². The van der Waals surface area contributed by atoms with Crippen LogP contribution in [0.4, 0.5) is 11.4 Å². The SMILES string of the molecule is CCCCN(c1ccc2c(c1)NCCC2)C(C)CC. The fraction of sp³-hybridized carbons (Fsp3) is 0.647. The van der Waals surface area contributed by atoms with Crippen LogP contribution in [0.15, 0.2) is 18.2 Å². The van der Waals surface area contributed by atoms with Gasteiger partial charge < -0.3 is 10.2 Å². The third-order valence-corrected chi connectivity index (χ3v) is 4.24. The first kappa shape index (κ1) is 14.2. The van der Waals surface area contributed by atoms with Gasteiger partial charge in [-0.3, -0.25) is 0 Å². The van der Waals surface area contributed by atoms with Crippen LogP contribution in [-0.4, -0.2) is 19.1 Å². The molecule has 1 heterocycles. The Bertz CT molecular complexity index is 400. The molecule has 19 heavy (non-hydrogen) atoms. The standard InChI is InChI=1S/C17H28N2/c1-4-6-12-19(14(3)5-2)16-10-9-15-8-7-11-18-17(15)13-16/h9-10,13-14,18H,4-8,11-12H2,1-3H3. The Morgan fingerprint density at radius 2 is 2.16 bits per heavy atom. The lowest BCUT2D eigenvalue weighted by Crippen LogP contribution is -2.33. The normalized spacial score (nSPS) is 15.5. The summed E-state index contributed by atoms with van der Waals surface area (Å²) < 4.78 is 0. The van der Waals surface area contributed by atoms with Gasteiger partial charge in [-0.1, -0.05) is 26.3 Å². The molecule has 1 N–H and O–H groups in total. The molecule has 0 fully saturated rings. The molecule has 1 aromatic rings. The highest BCUT2D eigenvalue weighted by atomic mass is 15.2. The second-order valence-corrected chi connectivity index (χ2v) is 5.68. The largest absolute Gasteiger partial charge is 0.385 e. The molecule has 1 atom stereocenters. The van der Waals surface area contributed by atoms with E-state index in [1.807, 2.05) is 0 Å². The lowest BCUT2D eigenvalue weighted by atomic mass is 10.0. The summed E-state index contributed by atoms with van der Waals surface area (Å²) in [5, 5.41) is 3.54. The van der Waals surface area contributed by atoms with Crippen molar-refractivity contribution in [1.29, 1.82) is 0 Å². The minimum atomic E-state index is 0.619. The highest BCUT2D eigenvalue weighted by molar-refractivity contribution is 5.63. The molecule has 1 aliphatic rings. The maximum Gasteiger partial charge on any atom is 0.0393 e. The monoisotopic (exact) mass is 260 g/mol. The number of nitrogens with one attached hydrogen (secondary N) is 1. The van der Waals surface area contributed by atoms with Gasteiger partial charge in [0.1, 0.15) is 0 Å². The molecule has 1 aromatic carbocycles. The zero-order chi connectivity index (χ0) is 13.7. The van der Waals surface area contributed by atoms with Crippen molar-refractivity contribution in [3.63, 3.8) is 0 Å². The van der Waals surface area contributed by atoms with Crippen molar-refractivity contribution in [2.24, 2.45) is 0 Å². The summed E-state index contributed by atoms with van der Waals surface area (Å²) in [5.74, 6) is 0. The van der Waals surface area contributed by atoms with Crippen molar-refractivity contribution in [3.05, 3.63) is 23.8 Å². The van der Waals surface area contributed by atoms with Gasteiger partial charge >= 0.3 is 0 Å². The molecule has 0 spiro atoms. The van der Waals surface area contributed by atoms with E-state index in [4.69, 9.17) is 0 Å². The zero-order valence-electron chi connectivity index (χ0n) is 12.7. The number of hydrogen-bond acceptors (Lipinski definition) is 2. The van der Waals surface area contributed by atoms with Crippen LogP contribution in [0.3, 0.4) is 0 Å². The minimum Gasteiger partial charge on any atom is -0.385 e. The molecule has 0 aromatic heterocycles. The molecular formula is C17H28N2. The molecule has 106 valence electrons. The van der Waals surface area contributed by atoms with Crippen molar-refractivity contribution < 1.29 is 0 Å². The molecule has 2 nitrogen and oxygen atoms in total. The molecule has 0 radical (unpaired) electrons. The first-order chi connectivity index (χ1) is 9.26. The van der Waals surface area contributed by atoms with Gasteiger partial charge in [0.25, 0.3) is 0 Å². The van der Waals surface area contributed by atoms with E-state index < -0.39 is 0 Å². The van der Waals surface area contributed by atoms with Crippen molar-refractivity contribution in [3.8, 4) is 0 Å². The fourth-order valence-electron chi connectivity index (χ4n) is 2.78. The highest BCUT2D eigenvalue weighted by Crippen LogP contribution is 2.29. The van der Waals surface area contributed by atoms with Crippen LogP contribution >= 0.6 is 0 Å². The lowest BCUT2D eigenvalue weighted by Gasteiger charge is -2.32. The van der Waals surface area contributed by atoms with Crippen LogP contribution in [0.25, 0.3) is 0 Å². The smallest absolute Gasteiger partial charge is 0.0393 e. The van der Waals surface area contributed by atoms with E-state index in [0.29, 0.717) is 6.04 Å². The van der Waals surface area contributed by atoms with Gasteiger partial charge in [0.05, 0.1) is 0 Å². The number of unbranched alkanes of at least 4 members (excludes halogenated alkanes) is 1. The Hall–Kier alpha value is -1.18. The van der Waals surface area contributed by atoms with Crippen LogP contribution < -0.4 is 10.2 Å². The Labute approximate surface area is 118 Å². The maximum absolute atomic E-state index is 3.54. The third-order valence-electron chi connectivity index (χ3n) is 4.24. The molecule has 2 heteroatoms. The molecule has 2 rings (SSSR count). The van der Waals surface area contributed by atoms with Crippen LogP contribution in [0.5, 0.6) is 0 Å².